The first-order valence-corrected chi connectivity index (χ1v) is 6.95. The highest BCUT2D eigenvalue weighted by atomic mass is 16.3. The van der Waals surface area contributed by atoms with Crippen molar-refractivity contribution in [3.63, 3.8) is 0 Å². The minimum Gasteiger partial charge on any atom is -0.396 e. The van der Waals surface area contributed by atoms with Crippen molar-refractivity contribution in [2.75, 3.05) is 13.2 Å². The molecule has 4 nitrogen and oxygen atoms in total. The summed E-state index contributed by atoms with van der Waals surface area (Å²) in [6.07, 6.45) is 5.22. The Bertz CT molecular complexity index is 377. The van der Waals surface area contributed by atoms with Crippen LogP contribution in [-0.4, -0.2) is 28.0 Å². The van der Waals surface area contributed by atoms with Crippen molar-refractivity contribution in [1.29, 1.82) is 0 Å². The minimum absolute atomic E-state index is 0.00348. The summed E-state index contributed by atoms with van der Waals surface area (Å²) in [5, 5.41) is 14.1. The lowest BCUT2D eigenvalue weighted by molar-refractivity contribution is 0.0164. The summed E-state index contributed by atoms with van der Waals surface area (Å²) in [5.41, 5.74) is 7.18. The lowest BCUT2D eigenvalue weighted by atomic mass is 9.60. The van der Waals surface area contributed by atoms with E-state index in [4.69, 9.17) is 5.73 Å². The molecule has 1 saturated carbocycles. The van der Waals surface area contributed by atoms with Crippen molar-refractivity contribution in [3.05, 3.63) is 18.0 Å². The van der Waals surface area contributed by atoms with Gasteiger partial charge in [0.25, 0.3) is 0 Å². The van der Waals surface area contributed by atoms with E-state index in [9.17, 15) is 5.11 Å². The van der Waals surface area contributed by atoms with Crippen molar-refractivity contribution >= 4 is 0 Å². The van der Waals surface area contributed by atoms with Gasteiger partial charge in [-0.05, 0) is 24.8 Å². The molecule has 2 rings (SSSR count). The number of rotatable bonds is 6. The largest absolute Gasteiger partial charge is 0.396 e. The maximum Gasteiger partial charge on any atom is 0.0494 e. The Morgan fingerprint density at radius 3 is 2.67 bits per heavy atom. The van der Waals surface area contributed by atoms with Gasteiger partial charge in [-0.1, -0.05) is 20.3 Å². The average molecular weight is 251 g/mol. The van der Waals surface area contributed by atoms with E-state index >= 15 is 0 Å². The van der Waals surface area contributed by atoms with Crippen molar-refractivity contribution < 1.29 is 5.11 Å². The van der Waals surface area contributed by atoms with E-state index in [1.165, 1.54) is 12.1 Å². The topological polar surface area (TPSA) is 64.1 Å². The van der Waals surface area contributed by atoms with Gasteiger partial charge in [0.15, 0.2) is 0 Å². The molecule has 1 aromatic rings. The van der Waals surface area contributed by atoms with Crippen molar-refractivity contribution in [3.8, 4) is 0 Å². The molecule has 1 heterocycles. The lowest BCUT2D eigenvalue weighted by Gasteiger charge is -2.46. The quantitative estimate of drug-likeness (QED) is 0.809. The SMILES string of the molecule is CC(C)Cn1nccc1[C@H](CN)C1(CO)CCC1. The molecule has 4 heteroatoms. The van der Waals surface area contributed by atoms with Crippen LogP contribution in [0.2, 0.25) is 0 Å². The zero-order valence-electron chi connectivity index (χ0n) is 11.5. The normalized spacial score (nSPS) is 19.8. The number of nitrogens with two attached hydrogens (primary N) is 1. The Labute approximate surface area is 109 Å². The van der Waals surface area contributed by atoms with E-state index in [1.807, 2.05) is 6.20 Å². The molecule has 1 aromatic heterocycles. The molecule has 1 fully saturated rings. The van der Waals surface area contributed by atoms with Gasteiger partial charge in [0.05, 0.1) is 0 Å². The fourth-order valence-corrected chi connectivity index (χ4v) is 3.07. The van der Waals surface area contributed by atoms with Gasteiger partial charge in [0, 0.05) is 42.9 Å². The number of aliphatic hydroxyl groups excluding tert-OH is 1. The Morgan fingerprint density at radius 1 is 1.50 bits per heavy atom. The zero-order chi connectivity index (χ0) is 13.2. The van der Waals surface area contributed by atoms with Crippen LogP contribution in [0.1, 0.15) is 44.7 Å². The molecule has 18 heavy (non-hydrogen) atoms. The number of hydrogen-bond donors (Lipinski definition) is 2. The second-order valence-corrected chi connectivity index (χ2v) is 5.99. The third-order valence-electron chi connectivity index (χ3n) is 4.28. The summed E-state index contributed by atoms with van der Waals surface area (Å²) in [6.45, 7) is 6.12. The van der Waals surface area contributed by atoms with Crippen LogP contribution in [0.4, 0.5) is 0 Å². The summed E-state index contributed by atoms with van der Waals surface area (Å²) in [7, 11) is 0. The summed E-state index contributed by atoms with van der Waals surface area (Å²) in [6, 6.07) is 2.07. The standard InChI is InChI=1S/C14H25N3O/c1-11(2)9-17-13(4-7-16-17)12(8-15)14(10-18)5-3-6-14/h4,7,11-12,18H,3,5-6,8-10,15H2,1-2H3/t12-/m0/s1. The highest BCUT2D eigenvalue weighted by Crippen LogP contribution is 2.50. The zero-order valence-corrected chi connectivity index (χ0v) is 11.5. The third-order valence-corrected chi connectivity index (χ3v) is 4.28. The summed E-state index contributed by atoms with van der Waals surface area (Å²) in [5.74, 6) is 0.797. The average Bonchev–Trinajstić information content (AvgIpc) is 2.70. The van der Waals surface area contributed by atoms with Gasteiger partial charge in [0.1, 0.15) is 0 Å². The molecule has 0 aromatic carbocycles. The Morgan fingerprint density at radius 2 is 2.22 bits per heavy atom. The van der Waals surface area contributed by atoms with E-state index in [1.54, 1.807) is 0 Å². The molecule has 0 unspecified atom stereocenters. The lowest BCUT2D eigenvalue weighted by Crippen LogP contribution is -2.43. The predicted octanol–water partition coefficient (Wildman–Crippen LogP) is 1.74. The fraction of sp³-hybridized carbons (Fsp3) is 0.786. The van der Waals surface area contributed by atoms with Gasteiger partial charge in [-0.15, -0.1) is 0 Å². The summed E-state index contributed by atoms with van der Waals surface area (Å²) >= 11 is 0. The summed E-state index contributed by atoms with van der Waals surface area (Å²) in [4.78, 5) is 0. The molecule has 0 radical (unpaired) electrons. The fourth-order valence-electron chi connectivity index (χ4n) is 3.07. The van der Waals surface area contributed by atoms with Gasteiger partial charge in [-0.3, -0.25) is 4.68 Å². The first-order chi connectivity index (χ1) is 8.63. The van der Waals surface area contributed by atoms with Crippen LogP contribution in [0.25, 0.3) is 0 Å². The number of nitrogens with zero attached hydrogens (tertiary/aromatic N) is 2. The monoisotopic (exact) mass is 251 g/mol. The molecule has 1 aliphatic carbocycles. The molecular weight excluding hydrogens is 226 g/mol. The smallest absolute Gasteiger partial charge is 0.0494 e. The minimum atomic E-state index is 0.00348. The van der Waals surface area contributed by atoms with Gasteiger partial charge in [-0.25, -0.2) is 0 Å². The first kappa shape index (κ1) is 13.6. The number of aliphatic hydroxyl groups is 1. The summed E-state index contributed by atoms with van der Waals surface area (Å²) < 4.78 is 2.07. The van der Waals surface area contributed by atoms with Gasteiger partial charge in [0.2, 0.25) is 0 Å². The highest BCUT2D eigenvalue weighted by molar-refractivity contribution is 5.16. The van der Waals surface area contributed by atoms with Crippen LogP contribution in [0, 0.1) is 11.3 Å². The first-order valence-electron chi connectivity index (χ1n) is 6.95. The molecular formula is C14H25N3O. The van der Waals surface area contributed by atoms with E-state index < -0.39 is 0 Å². The van der Waals surface area contributed by atoms with Gasteiger partial charge >= 0.3 is 0 Å². The molecule has 0 spiro atoms. The van der Waals surface area contributed by atoms with Crippen LogP contribution < -0.4 is 5.73 Å². The Hall–Kier alpha value is -0.870. The molecule has 1 atom stereocenters. The van der Waals surface area contributed by atoms with Crippen LogP contribution in [0.5, 0.6) is 0 Å². The van der Waals surface area contributed by atoms with E-state index in [2.05, 4.69) is 29.7 Å². The number of aromatic nitrogens is 2. The second-order valence-electron chi connectivity index (χ2n) is 5.99. The third kappa shape index (κ3) is 2.31. The molecule has 3 N–H and O–H groups in total. The molecule has 0 aliphatic heterocycles. The van der Waals surface area contributed by atoms with Crippen molar-refractivity contribution in [1.82, 2.24) is 9.78 Å². The van der Waals surface area contributed by atoms with E-state index in [-0.39, 0.29) is 17.9 Å². The van der Waals surface area contributed by atoms with Gasteiger partial charge in [-0.2, -0.15) is 5.10 Å². The number of hydrogen-bond acceptors (Lipinski definition) is 3. The van der Waals surface area contributed by atoms with Gasteiger partial charge < -0.3 is 10.8 Å². The molecule has 1 aliphatic rings. The van der Waals surface area contributed by atoms with E-state index in [0.717, 1.165) is 19.4 Å². The van der Waals surface area contributed by atoms with Crippen molar-refractivity contribution in [2.24, 2.45) is 17.1 Å². The highest BCUT2D eigenvalue weighted by Gasteiger charge is 2.44. The van der Waals surface area contributed by atoms with Crippen LogP contribution >= 0.6 is 0 Å². The Kier molecular flexibility index (Phi) is 4.07. The predicted molar refractivity (Wildman–Crippen MR) is 72.2 cm³/mol. The maximum absolute atomic E-state index is 9.72. The van der Waals surface area contributed by atoms with Crippen LogP contribution in [0.3, 0.4) is 0 Å². The Balaban J connectivity index is 2.24. The van der Waals surface area contributed by atoms with Crippen LogP contribution in [0.15, 0.2) is 12.3 Å². The van der Waals surface area contributed by atoms with Crippen molar-refractivity contribution in [2.45, 2.75) is 45.6 Å². The van der Waals surface area contributed by atoms with E-state index in [0.29, 0.717) is 12.5 Å². The van der Waals surface area contributed by atoms with Crippen LogP contribution in [-0.2, 0) is 6.54 Å². The maximum atomic E-state index is 9.72. The second kappa shape index (κ2) is 5.41. The molecule has 0 bridgehead atoms. The molecule has 0 amide bonds. The molecule has 0 saturated heterocycles. The molecule has 102 valence electrons.